The molecule has 0 aliphatic carbocycles. The van der Waals surface area contributed by atoms with Gasteiger partial charge in [-0.15, -0.1) is 11.8 Å². The van der Waals surface area contributed by atoms with Crippen LogP contribution >= 0.6 is 11.8 Å². The molecule has 5 nitrogen and oxygen atoms in total. The molecular weight excluding hydrogens is 398 g/mol. The molecular formula is C24H33NO4S. The van der Waals surface area contributed by atoms with E-state index in [0.717, 1.165) is 0 Å². The van der Waals surface area contributed by atoms with Crippen molar-refractivity contribution in [1.82, 2.24) is 5.32 Å². The summed E-state index contributed by atoms with van der Waals surface area (Å²) in [7, 11) is 1.32. The summed E-state index contributed by atoms with van der Waals surface area (Å²) in [6.07, 6.45) is 0.505. The third-order valence-corrected chi connectivity index (χ3v) is 5.99. The van der Waals surface area contributed by atoms with Crippen LogP contribution in [0, 0.1) is 12.8 Å². The van der Waals surface area contributed by atoms with Crippen LogP contribution in [0.1, 0.15) is 68.5 Å². The summed E-state index contributed by atoms with van der Waals surface area (Å²) < 4.78 is 10.5. The van der Waals surface area contributed by atoms with Crippen molar-refractivity contribution in [3.8, 4) is 0 Å². The fraction of sp³-hybridized carbons (Fsp3) is 0.500. The lowest BCUT2D eigenvalue weighted by Crippen LogP contribution is -2.42. The van der Waals surface area contributed by atoms with E-state index in [0.29, 0.717) is 17.9 Å². The quantitative estimate of drug-likeness (QED) is 0.442. The Morgan fingerprint density at radius 3 is 2.47 bits per heavy atom. The lowest BCUT2D eigenvalue weighted by molar-refractivity contribution is -0.143. The number of hydrogen-bond acceptors (Lipinski definition) is 5. The molecule has 1 atom stereocenters. The molecule has 0 aliphatic heterocycles. The zero-order valence-electron chi connectivity index (χ0n) is 19.0. The van der Waals surface area contributed by atoms with Crippen molar-refractivity contribution in [3.63, 3.8) is 0 Å². The number of carbonyl (C=O) groups is 2. The van der Waals surface area contributed by atoms with Crippen LogP contribution in [0.5, 0.6) is 0 Å². The van der Waals surface area contributed by atoms with E-state index in [4.69, 9.17) is 9.15 Å². The second-order valence-corrected chi connectivity index (χ2v) is 9.98. The van der Waals surface area contributed by atoms with Crippen molar-refractivity contribution in [1.29, 1.82) is 0 Å². The van der Waals surface area contributed by atoms with Crippen molar-refractivity contribution in [2.75, 3.05) is 7.11 Å². The summed E-state index contributed by atoms with van der Waals surface area (Å²) >= 11 is 1.69. The van der Waals surface area contributed by atoms with E-state index in [2.05, 4.69) is 51.2 Å². The Balaban J connectivity index is 2.04. The molecule has 2 aromatic rings. The molecule has 1 heterocycles. The monoisotopic (exact) mass is 431 g/mol. The number of methoxy groups -OCH3 is 1. The van der Waals surface area contributed by atoms with Crippen molar-refractivity contribution in [3.05, 3.63) is 53.0 Å². The Kier molecular flexibility index (Phi) is 8.18. The highest BCUT2D eigenvalue weighted by atomic mass is 32.2. The highest BCUT2D eigenvalue weighted by Gasteiger charge is 2.24. The van der Waals surface area contributed by atoms with Gasteiger partial charge in [0.1, 0.15) is 11.8 Å². The van der Waals surface area contributed by atoms with Gasteiger partial charge in [-0.3, -0.25) is 4.79 Å². The molecule has 2 rings (SSSR count). The van der Waals surface area contributed by atoms with Gasteiger partial charge in [-0.25, -0.2) is 4.79 Å². The number of thioether (sulfide) groups is 1. The van der Waals surface area contributed by atoms with Crippen molar-refractivity contribution < 1.29 is 18.7 Å². The van der Waals surface area contributed by atoms with Crippen molar-refractivity contribution in [2.24, 2.45) is 5.92 Å². The van der Waals surface area contributed by atoms with Crippen LogP contribution in [0.25, 0.3) is 0 Å². The maximum atomic E-state index is 12.5. The molecule has 164 valence electrons. The molecule has 30 heavy (non-hydrogen) atoms. The molecule has 0 bridgehead atoms. The first kappa shape index (κ1) is 24.1. The van der Waals surface area contributed by atoms with Crippen molar-refractivity contribution >= 4 is 23.6 Å². The molecule has 1 unspecified atom stereocenters. The van der Waals surface area contributed by atoms with Crippen LogP contribution < -0.4 is 5.32 Å². The first-order valence-corrected chi connectivity index (χ1v) is 11.2. The summed E-state index contributed by atoms with van der Waals surface area (Å²) in [5, 5.41) is 2.72. The Morgan fingerprint density at radius 2 is 1.87 bits per heavy atom. The molecule has 0 saturated carbocycles. The topological polar surface area (TPSA) is 68.5 Å². The van der Waals surface area contributed by atoms with Gasteiger partial charge in [0, 0.05) is 4.90 Å². The number of esters is 1. The lowest BCUT2D eigenvalue weighted by Gasteiger charge is -2.20. The predicted molar refractivity (Wildman–Crippen MR) is 121 cm³/mol. The fourth-order valence-corrected chi connectivity index (χ4v) is 3.96. The molecule has 0 radical (unpaired) electrons. The predicted octanol–water partition coefficient (Wildman–Crippen LogP) is 5.50. The zero-order valence-corrected chi connectivity index (χ0v) is 19.8. The van der Waals surface area contributed by atoms with Crippen LogP contribution in [0.15, 0.2) is 39.6 Å². The van der Waals surface area contributed by atoms with Gasteiger partial charge in [-0.1, -0.05) is 46.8 Å². The summed E-state index contributed by atoms with van der Waals surface area (Å²) in [5.41, 5.74) is 2.59. The van der Waals surface area contributed by atoms with Crippen LogP contribution in [0.2, 0.25) is 0 Å². The van der Waals surface area contributed by atoms with E-state index in [1.165, 1.54) is 23.1 Å². The average molecular weight is 432 g/mol. The second kappa shape index (κ2) is 10.2. The SMILES string of the molecule is COC(=O)C(CC(C)C)NC(=O)c1ccc(CSc2cc(C(C)(C)C)ccc2C)o1. The van der Waals surface area contributed by atoms with Crippen LogP contribution in [0.4, 0.5) is 0 Å². The lowest BCUT2D eigenvalue weighted by atomic mass is 9.87. The zero-order chi connectivity index (χ0) is 22.5. The van der Waals surface area contributed by atoms with Crippen LogP contribution in [-0.2, 0) is 20.7 Å². The second-order valence-electron chi connectivity index (χ2n) is 8.96. The highest BCUT2D eigenvalue weighted by Crippen LogP contribution is 2.31. The van der Waals surface area contributed by atoms with Crippen molar-refractivity contribution in [2.45, 2.75) is 70.1 Å². The van der Waals surface area contributed by atoms with E-state index in [-0.39, 0.29) is 17.1 Å². The molecule has 1 aromatic carbocycles. The molecule has 1 aromatic heterocycles. The number of furan rings is 1. The van der Waals surface area contributed by atoms with Gasteiger partial charge < -0.3 is 14.5 Å². The molecule has 0 fully saturated rings. The van der Waals surface area contributed by atoms with E-state index >= 15 is 0 Å². The van der Waals surface area contributed by atoms with E-state index in [9.17, 15) is 9.59 Å². The van der Waals surface area contributed by atoms with E-state index < -0.39 is 17.9 Å². The smallest absolute Gasteiger partial charge is 0.328 e. The Hall–Kier alpha value is -2.21. The molecule has 0 spiro atoms. The largest absolute Gasteiger partial charge is 0.467 e. The highest BCUT2D eigenvalue weighted by molar-refractivity contribution is 7.98. The number of ether oxygens (including phenoxy) is 1. The minimum Gasteiger partial charge on any atom is -0.467 e. The van der Waals surface area contributed by atoms with Gasteiger partial charge in [-0.05, 0) is 54.0 Å². The molecule has 1 N–H and O–H groups in total. The summed E-state index contributed by atoms with van der Waals surface area (Å²) in [5.74, 6) is 0.910. The number of nitrogens with one attached hydrogen (secondary N) is 1. The normalized spacial score (nSPS) is 12.7. The number of rotatable bonds is 8. The minimum atomic E-state index is -0.687. The average Bonchev–Trinajstić information content (AvgIpc) is 3.14. The van der Waals surface area contributed by atoms with Gasteiger partial charge in [-0.2, -0.15) is 0 Å². The minimum absolute atomic E-state index is 0.0884. The summed E-state index contributed by atoms with van der Waals surface area (Å²) in [6.45, 7) is 12.7. The molecule has 6 heteroatoms. The standard InChI is InChI=1S/C24H33NO4S/c1-15(2)12-19(23(27)28-7)25-22(26)20-11-10-18(29-20)14-30-21-13-17(24(4,5)6)9-8-16(21)3/h8-11,13,15,19H,12,14H2,1-7H3,(H,25,26). The summed E-state index contributed by atoms with van der Waals surface area (Å²) in [4.78, 5) is 25.7. The number of benzene rings is 1. The summed E-state index contributed by atoms with van der Waals surface area (Å²) in [6, 6.07) is 9.31. The van der Waals surface area contributed by atoms with Gasteiger partial charge in [0.05, 0.1) is 12.9 Å². The van der Waals surface area contributed by atoms with Crippen LogP contribution in [0.3, 0.4) is 0 Å². The van der Waals surface area contributed by atoms with Gasteiger partial charge >= 0.3 is 5.97 Å². The first-order chi connectivity index (χ1) is 14.0. The maximum Gasteiger partial charge on any atom is 0.328 e. The third kappa shape index (κ3) is 6.66. The van der Waals surface area contributed by atoms with E-state index in [1.807, 2.05) is 13.8 Å². The Morgan fingerprint density at radius 1 is 1.17 bits per heavy atom. The third-order valence-electron chi connectivity index (χ3n) is 4.81. The molecule has 1 amide bonds. The fourth-order valence-electron chi connectivity index (χ4n) is 3.01. The number of carbonyl (C=O) groups excluding carboxylic acids is 2. The number of aryl methyl sites for hydroxylation is 1. The number of hydrogen-bond donors (Lipinski definition) is 1. The first-order valence-electron chi connectivity index (χ1n) is 10.2. The van der Waals surface area contributed by atoms with Gasteiger partial charge in [0.2, 0.25) is 0 Å². The van der Waals surface area contributed by atoms with Gasteiger partial charge in [0.15, 0.2) is 5.76 Å². The van der Waals surface area contributed by atoms with Crippen LogP contribution in [-0.4, -0.2) is 25.0 Å². The number of amides is 1. The Bertz CT molecular complexity index is 880. The maximum absolute atomic E-state index is 12.5. The van der Waals surface area contributed by atoms with E-state index in [1.54, 1.807) is 23.9 Å². The molecule has 0 saturated heterocycles. The van der Waals surface area contributed by atoms with Gasteiger partial charge in [0.25, 0.3) is 5.91 Å². The Labute approximate surface area is 184 Å². The molecule has 0 aliphatic rings.